The van der Waals surface area contributed by atoms with Crippen molar-refractivity contribution < 1.29 is 4.39 Å². The number of aromatic nitrogens is 2. The van der Waals surface area contributed by atoms with Crippen LogP contribution in [-0.4, -0.2) is 9.97 Å². The summed E-state index contributed by atoms with van der Waals surface area (Å²) in [6.45, 7) is 1.84. The van der Waals surface area contributed by atoms with Crippen LogP contribution in [0.3, 0.4) is 0 Å². The minimum absolute atomic E-state index is 0.226. The number of halogens is 1. The van der Waals surface area contributed by atoms with Gasteiger partial charge in [0.15, 0.2) is 0 Å². The highest BCUT2D eigenvalue weighted by molar-refractivity contribution is 5.38. The Labute approximate surface area is 104 Å². The number of aromatic amines is 1. The van der Waals surface area contributed by atoms with Gasteiger partial charge < -0.3 is 10.7 Å². The Balaban J connectivity index is 2.33. The van der Waals surface area contributed by atoms with Crippen molar-refractivity contribution in [3.63, 3.8) is 0 Å². The van der Waals surface area contributed by atoms with Gasteiger partial charge in [-0.15, -0.1) is 0 Å². The summed E-state index contributed by atoms with van der Waals surface area (Å²) in [5, 5.41) is 0. The summed E-state index contributed by atoms with van der Waals surface area (Å²) < 4.78 is 13.0. The molecule has 0 bridgehead atoms. The summed E-state index contributed by atoms with van der Waals surface area (Å²) >= 11 is 0. The summed E-state index contributed by atoms with van der Waals surface area (Å²) in [6.07, 6.45) is 0.885. The fourth-order valence-corrected chi connectivity index (χ4v) is 1.83. The number of nitrogens with one attached hydrogen (secondary N) is 1. The van der Waals surface area contributed by atoms with E-state index in [0.717, 1.165) is 5.56 Å². The van der Waals surface area contributed by atoms with Crippen molar-refractivity contribution in [1.29, 1.82) is 0 Å². The fraction of sp³-hybridized carbons (Fsp3) is 0.231. The predicted octanol–water partition coefficient (Wildman–Crippen LogP) is 1.64. The fourth-order valence-electron chi connectivity index (χ4n) is 1.83. The van der Waals surface area contributed by atoms with E-state index in [4.69, 9.17) is 5.73 Å². The predicted molar refractivity (Wildman–Crippen MR) is 67.9 cm³/mol. The van der Waals surface area contributed by atoms with Crippen LogP contribution < -0.4 is 11.3 Å². The van der Waals surface area contributed by atoms with Gasteiger partial charge in [-0.05, 0) is 24.1 Å². The van der Waals surface area contributed by atoms with Crippen molar-refractivity contribution in [2.45, 2.75) is 19.8 Å². The van der Waals surface area contributed by atoms with Crippen molar-refractivity contribution in [3.05, 3.63) is 57.4 Å². The molecule has 0 aliphatic heterocycles. The molecule has 3 N–H and O–H groups in total. The average Bonchev–Trinajstić information content (AvgIpc) is 2.28. The molecule has 0 unspecified atom stereocenters. The average molecular weight is 247 g/mol. The van der Waals surface area contributed by atoms with Crippen LogP contribution in [0.25, 0.3) is 0 Å². The summed E-state index contributed by atoms with van der Waals surface area (Å²) in [7, 11) is 0. The SMILES string of the molecule is CCc1c(N)nc(Cc2cccc(F)c2)[nH]c1=O. The molecular weight excluding hydrogens is 233 g/mol. The zero-order valence-electron chi connectivity index (χ0n) is 10.0. The molecule has 5 heteroatoms. The molecule has 2 aromatic rings. The lowest BCUT2D eigenvalue weighted by Crippen LogP contribution is -2.19. The highest BCUT2D eigenvalue weighted by Gasteiger charge is 2.07. The maximum absolute atomic E-state index is 13.0. The molecule has 1 aromatic heterocycles. The van der Waals surface area contributed by atoms with Crippen LogP contribution in [0.5, 0.6) is 0 Å². The normalized spacial score (nSPS) is 10.6. The Morgan fingerprint density at radius 3 is 2.83 bits per heavy atom. The van der Waals surface area contributed by atoms with Crippen molar-refractivity contribution >= 4 is 5.82 Å². The van der Waals surface area contributed by atoms with Crippen molar-refractivity contribution in [2.75, 3.05) is 5.73 Å². The Bertz CT molecular complexity index is 622. The molecule has 0 saturated carbocycles. The molecule has 0 atom stereocenters. The molecule has 0 amide bonds. The van der Waals surface area contributed by atoms with Gasteiger partial charge in [-0.1, -0.05) is 19.1 Å². The molecule has 0 aliphatic rings. The molecule has 4 nitrogen and oxygen atoms in total. The van der Waals surface area contributed by atoms with Gasteiger partial charge in [0.1, 0.15) is 17.5 Å². The van der Waals surface area contributed by atoms with Crippen LogP contribution >= 0.6 is 0 Å². The molecule has 0 spiro atoms. The number of hydrogen-bond acceptors (Lipinski definition) is 3. The second-order valence-corrected chi connectivity index (χ2v) is 4.04. The smallest absolute Gasteiger partial charge is 0.256 e. The van der Waals surface area contributed by atoms with Gasteiger partial charge >= 0.3 is 0 Å². The summed E-state index contributed by atoms with van der Waals surface area (Å²) in [5.74, 6) is 0.376. The second-order valence-electron chi connectivity index (χ2n) is 4.04. The molecule has 0 fully saturated rings. The molecule has 2 rings (SSSR count). The molecular formula is C13H14FN3O. The third-order valence-electron chi connectivity index (χ3n) is 2.71. The topological polar surface area (TPSA) is 71.8 Å². The molecule has 94 valence electrons. The Morgan fingerprint density at radius 1 is 1.44 bits per heavy atom. The van der Waals surface area contributed by atoms with Crippen molar-refractivity contribution in [1.82, 2.24) is 9.97 Å². The van der Waals surface area contributed by atoms with Gasteiger partial charge in [-0.25, -0.2) is 9.37 Å². The second kappa shape index (κ2) is 5.00. The van der Waals surface area contributed by atoms with Crippen molar-refractivity contribution in [3.8, 4) is 0 Å². The van der Waals surface area contributed by atoms with Crippen LogP contribution in [0.15, 0.2) is 29.1 Å². The van der Waals surface area contributed by atoms with E-state index in [0.29, 0.717) is 24.2 Å². The number of H-pyrrole nitrogens is 1. The van der Waals surface area contributed by atoms with Gasteiger partial charge in [0.25, 0.3) is 5.56 Å². The lowest BCUT2D eigenvalue weighted by Gasteiger charge is -2.05. The molecule has 18 heavy (non-hydrogen) atoms. The van der Waals surface area contributed by atoms with Crippen LogP contribution in [0.1, 0.15) is 23.9 Å². The van der Waals surface area contributed by atoms with Crippen LogP contribution in [-0.2, 0) is 12.8 Å². The first-order valence-electron chi connectivity index (χ1n) is 5.72. The van der Waals surface area contributed by atoms with E-state index in [1.165, 1.54) is 12.1 Å². The Morgan fingerprint density at radius 2 is 2.22 bits per heavy atom. The van der Waals surface area contributed by atoms with Gasteiger partial charge in [0.05, 0.1) is 5.56 Å². The third-order valence-corrected chi connectivity index (χ3v) is 2.71. The highest BCUT2D eigenvalue weighted by Crippen LogP contribution is 2.09. The first kappa shape index (κ1) is 12.3. The van der Waals surface area contributed by atoms with E-state index in [1.807, 2.05) is 6.92 Å². The largest absolute Gasteiger partial charge is 0.383 e. The maximum Gasteiger partial charge on any atom is 0.256 e. The molecule has 0 saturated heterocycles. The Kier molecular flexibility index (Phi) is 3.41. The lowest BCUT2D eigenvalue weighted by molar-refractivity contribution is 0.625. The number of anilines is 1. The van der Waals surface area contributed by atoms with Crippen molar-refractivity contribution in [2.24, 2.45) is 0 Å². The van der Waals surface area contributed by atoms with Gasteiger partial charge in [-0.3, -0.25) is 4.79 Å². The van der Waals surface area contributed by atoms with E-state index in [2.05, 4.69) is 9.97 Å². The highest BCUT2D eigenvalue weighted by atomic mass is 19.1. The van der Waals surface area contributed by atoms with E-state index in [9.17, 15) is 9.18 Å². The van der Waals surface area contributed by atoms with E-state index in [1.54, 1.807) is 12.1 Å². The number of benzene rings is 1. The molecule has 1 aromatic carbocycles. The quantitative estimate of drug-likeness (QED) is 0.866. The van der Waals surface area contributed by atoms with Gasteiger partial charge in [0, 0.05) is 6.42 Å². The maximum atomic E-state index is 13.0. The first-order chi connectivity index (χ1) is 8.60. The first-order valence-corrected chi connectivity index (χ1v) is 5.72. The molecule has 1 heterocycles. The van der Waals surface area contributed by atoms with Crippen LogP contribution in [0.4, 0.5) is 10.2 Å². The van der Waals surface area contributed by atoms with E-state index < -0.39 is 0 Å². The summed E-state index contributed by atoms with van der Waals surface area (Å²) in [5.41, 5.74) is 6.71. The van der Waals surface area contributed by atoms with E-state index >= 15 is 0 Å². The van der Waals surface area contributed by atoms with Gasteiger partial charge in [-0.2, -0.15) is 0 Å². The van der Waals surface area contributed by atoms with Gasteiger partial charge in [0.2, 0.25) is 0 Å². The third kappa shape index (κ3) is 2.56. The zero-order valence-corrected chi connectivity index (χ0v) is 10.0. The number of rotatable bonds is 3. The van der Waals surface area contributed by atoms with E-state index in [-0.39, 0.29) is 17.2 Å². The lowest BCUT2D eigenvalue weighted by atomic mass is 10.1. The number of nitrogen functional groups attached to an aromatic ring is 1. The summed E-state index contributed by atoms with van der Waals surface area (Å²) in [4.78, 5) is 18.5. The van der Waals surface area contributed by atoms with Crippen LogP contribution in [0.2, 0.25) is 0 Å². The number of nitrogens with two attached hydrogens (primary N) is 1. The standard InChI is InChI=1S/C13H14FN3O/c1-2-10-12(15)16-11(17-13(10)18)7-8-4-3-5-9(14)6-8/h3-6H,2,7H2,1H3,(H3,15,16,17,18). The number of nitrogens with zero attached hydrogens (tertiary/aromatic N) is 1. The molecule has 0 radical (unpaired) electrons. The van der Waals surface area contributed by atoms with Crippen LogP contribution in [0, 0.1) is 5.82 Å². The summed E-state index contributed by atoms with van der Waals surface area (Å²) in [6, 6.07) is 6.16. The molecule has 0 aliphatic carbocycles. The minimum atomic E-state index is -0.312. The minimum Gasteiger partial charge on any atom is -0.383 e. The monoisotopic (exact) mass is 247 g/mol. The number of hydrogen-bond donors (Lipinski definition) is 2. The Hall–Kier alpha value is -2.17. The zero-order chi connectivity index (χ0) is 13.1.